The fourth-order valence-corrected chi connectivity index (χ4v) is 3.74. The number of nitrogens with one attached hydrogen (secondary N) is 1. The summed E-state index contributed by atoms with van der Waals surface area (Å²) in [5.41, 5.74) is 2.84. The molecule has 0 aliphatic carbocycles. The van der Waals surface area contributed by atoms with Crippen molar-refractivity contribution in [3.8, 4) is 17.0 Å². The largest absolute Gasteiger partial charge is 0.471 e. The van der Waals surface area contributed by atoms with E-state index in [2.05, 4.69) is 15.4 Å². The van der Waals surface area contributed by atoms with Crippen LogP contribution in [0.2, 0.25) is 5.02 Å². The van der Waals surface area contributed by atoms with Gasteiger partial charge in [-0.1, -0.05) is 11.6 Å². The molecule has 0 radical (unpaired) electrons. The molecule has 3 aromatic rings. The summed E-state index contributed by atoms with van der Waals surface area (Å²) in [7, 11) is 1.61. The number of thioether (sulfide) groups is 1. The van der Waals surface area contributed by atoms with Gasteiger partial charge in [-0.2, -0.15) is 10.1 Å². The summed E-state index contributed by atoms with van der Waals surface area (Å²) in [6, 6.07) is 5.70. The Kier molecular flexibility index (Phi) is 5.43. The Morgan fingerprint density at radius 2 is 2.29 bits per heavy atom. The van der Waals surface area contributed by atoms with Crippen molar-refractivity contribution in [2.75, 3.05) is 26.5 Å². The first kappa shape index (κ1) is 19.0. The number of nitrogens with zero attached hydrogens (tertiary/aromatic N) is 3. The summed E-state index contributed by atoms with van der Waals surface area (Å²) < 4.78 is 12.9. The molecule has 1 aliphatic heterocycles. The summed E-state index contributed by atoms with van der Waals surface area (Å²) in [5.74, 6) is 0.217. The van der Waals surface area contributed by atoms with Crippen LogP contribution in [0.4, 0.5) is 0 Å². The highest BCUT2D eigenvalue weighted by Crippen LogP contribution is 2.32. The van der Waals surface area contributed by atoms with Crippen LogP contribution in [0.5, 0.6) is 5.88 Å². The van der Waals surface area contributed by atoms with Gasteiger partial charge in [0.15, 0.2) is 5.65 Å². The average molecular weight is 419 g/mol. The van der Waals surface area contributed by atoms with Gasteiger partial charge >= 0.3 is 0 Å². The van der Waals surface area contributed by atoms with Crippen LogP contribution >= 0.6 is 23.4 Å². The predicted molar refractivity (Wildman–Crippen MR) is 108 cm³/mol. The Balaban J connectivity index is 1.79. The van der Waals surface area contributed by atoms with Crippen molar-refractivity contribution in [3.05, 3.63) is 41.2 Å². The van der Waals surface area contributed by atoms with E-state index in [0.29, 0.717) is 35.3 Å². The van der Waals surface area contributed by atoms with E-state index >= 15 is 0 Å². The monoisotopic (exact) mass is 418 g/mol. The van der Waals surface area contributed by atoms with Gasteiger partial charge in [0, 0.05) is 29.5 Å². The van der Waals surface area contributed by atoms with Gasteiger partial charge in [-0.05, 0) is 30.0 Å². The number of aromatic nitrogens is 3. The topological polar surface area (TPSA) is 77.8 Å². The van der Waals surface area contributed by atoms with Crippen molar-refractivity contribution >= 4 is 34.9 Å². The summed E-state index contributed by atoms with van der Waals surface area (Å²) in [6.45, 7) is 1.20. The SMILES string of the molecule is CNC(=O)c1cc(SC)cc(-c2cnn3cc(Cl)c(OC4CCOC4)nc23)c1. The Morgan fingerprint density at radius 3 is 3.00 bits per heavy atom. The first-order valence-corrected chi connectivity index (χ1v) is 10.4. The van der Waals surface area contributed by atoms with Gasteiger partial charge in [-0.3, -0.25) is 4.79 Å². The van der Waals surface area contributed by atoms with Crippen molar-refractivity contribution in [2.24, 2.45) is 0 Å². The van der Waals surface area contributed by atoms with E-state index in [9.17, 15) is 4.79 Å². The number of carbonyl (C=O) groups is 1. The maximum Gasteiger partial charge on any atom is 0.251 e. The van der Waals surface area contributed by atoms with Gasteiger partial charge in [-0.25, -0.2) is 4.52 Å². The smallest absolute Gasteiger partial charge is 0.251 e. The van der Waals surface area contributed by atoms with Crippen LogP contribution in [-0.4, -0.2) is 53.1 Å². The third-order valence-corrected chi connectivity index (χ3v) is 5.49. The molecule has 0 saturated carbocycles. The molecule has 4 rings (SSSR count). The highest BCUT2D eigenvalue weighted by molar-refractivity contribution is 7.98. The lowest BCUT2D eigenvalue weighted by atomic mass is 10.1. The van der Waals surface area contributed by atoms with E-state index in [1.54, 1.807) is 35.7 Å². The molecule has 7 nitrogen and oxygen atoms in total. The molecule has 1 amide bonds. The molecule has 1 N–H and O–H groups in total. The number of hydrogen-bond donors (Lipinski definition) is 1. The van der Waals surface area contributed by atoms with E-state index in [1.165, 1.54) is 0 Å². The van der Waals surface area contributed by atoms with E-state index in [1.807, 2.05) is 24.5 Å². The van der Waals surface area contributed by atoms with Crippen molar-refractivity contribution in [2.45, 2.75) is 17.4 Å². The van der Waals surface area contributed by atoms with E-state index in [4.69, 9.17) is 21.1 Å². The fourth-order valence-electron chi connectivity index (χ4n) is 3.07. The molecule has 1 aliphatic rings. The third-order valence-electron chi connectivity index (χ3n) is 4.53. The summed E-state index contributed by atoms with van der Waals surface area (Å²) >= 11 is 7.89. The van der Waals surface area contributed by atoms with Gasteiger partial charge in [0.2, 0.25) is 5.88 Å². The molecule has 1 atom stereocenters. The average Bonchev–Trinajstić information content (AvgIpc) is 3.37. The maximum absolute atomic E-state index is 12.2. The van der Waals surface area contributed by atoms with Crippen LogP contribution in [0.1, 0.15) is 16.8 Å². The Bertz CT molecular complexity index is 1030. The fraction of sp³-hybridized carbons (Fsp3) is 0.316. The van der Waals surface area contributed by atoms with Gasteiger partial charge in [0.25, 0.3) is 5.91 Å². The molecule has 3 heterocycles. The van der Waals surface area contributed by atoms with Crippen molar-refractivity contribution < 1.29 is 14.3 Å². The van der Waals surface area contributed by atoms with Crippen LogP contribution in [-0.2, 0) is 4.74 Å². The lowest BCUT2D eigenvalue weighted by Gasteiger charge is -2.12. The molecule has 28 heavy (non-hydrogen) atoms. The highest BCUT2D eigenvalue weighted by Gasteiger charge is 2.21. The van der Waals surface area contributed by atoms with Gasteiger partial charge in [-0.15, -0.1) is 11.8 Å². The second-order valence-electron chi connectivity index (χ2n) is 6.35. The summed E-state index contributed by atoms with van der Waals surface area (Å²) in [4.78, 5) is 17.7. The number of benzene rings is 1. The second-order valence-corrected chi connectivity index (χ2v) is 7.64. The van der Waals surface area contributed by atoms with Crippen LogP contribution in [0, 0.1) is 0 Å². The first-order valence-electron chi connectivity index (χ1n) is 8.79. The number of rotatable bonds is 5. The molecule has 1 saturated heterocycles. The lowest BCUT2D eigenvalue weighted by molar-refractivity contribution is 0.0963. The zero-order chi connectivity index (χ0) is 19.7. The molecular weight excluding hydrogens is 400 g/mol. The predicted octanol–water partition coefficient (Wildman–Crippen LogP) is 3.30. The molecule has 0 bridgehead atoms. The molecule has 1 fully saturated rings. The first-order chi connectivity index (χ1) is 13.6. The number of amides is 1. The van der Waals surface area contributed by atoms with Gasteiger partial charge in [0.1, 0.15) is 11.1 Å². The molecule has 1 unspecified atom stereocenters. The normalized spacial score (nSPS) is 16.5. The van der Waals surface area contributed by atoms with Crippen LogP contribution in [0.3, 0.4) is 0 Å². The second kappa shape index (κ2) is 7.98. The molecule has 1 aromatic carbocycles. The standard InChI is InChI=1S/C19H19ClN4O3S/c1-21-18(25)12-5-11(6-14(7-12)28-2)15-8-22-24-9-16(20)19(23-17(15)24)27-13-3-4-26-10-13/h5-9,13H,3-4,10H2,1-2H3,(H,21,25). The minimum Gasteiger partial charge on any atom is -0.471 e. The molecule has 146 valence electrons. The molecule has 0 spiro atoms. The number of carbonyl (C=O) groups excluding carboxylic acids is 1. The van der Waals surface area contributed by atoms with E-state index in [-0.39, 0.29) is 12.0 Å². The zero-order valence-corrected chi connectivity index (χ0v) is 17.0. The zero-order valence-electron chi connectivity index (χ0n) is 15.4. The van der Waals surface area contributed by atoms with Gasteiger partial charge < -0.3 is 14.8 Å². The van der Waals surface area contributed by atoms with E-state index in [0.717, 1.165) is 22.4 Å². The third kappa shape index (κ3) is 3.67. The molecule has 9 heteroatoms. The Morgan fingerprint density at radius 1 is 1.43 bits per heavy atom. The Labute approximate surface area is 171 Å². The minimum atomic E-state index is -0.144. The number of hydrogen-bond acceptors (Lipinski definition) is 6. The molecular formula is C19H19ClN4O3S. The maximum atomic E-state index is 12.2. The summed E-state index contributed by atoms with van der Waals surface area (Å²) in [5, 5.41) is 7.41. The minimum absolute atomic E-state index is 0.0570. The summed E-state index contributed by atoms with van der Waals surface area (Å²) in [6.07, 6.45) is 6.11. The van der Waals surface area contributed by atoms with Crippen LogP contribution in [0.15, 0.2) is 35.5 Å². The van der Waals surface area contributed by atoms with Crippen LogP contribution in [0.25, 0.3) is 16.8 Å². The van der Waals surface area contributed by atoms with E-state index < -0.39 is 0 Å². The number of ether oxygens (including phenoxy) is 2. The van der Waals surface area contributed by atoms with Crippen molar-refractivity contribution in [1.29, 1.82) is 0 Å². The lowest BCUT2D eigenvalue weighted by Crippen LogP contribution is -2.17. The quantitative estimate of drug-likeness (QED) is 0.640. The highest BCUT2D eigenvalue weighted by atomic mass is 35.5. The Hall–Kier alpha value is -2.29. The van der Waals surface area contributed by atoms with Gasteiger partial charge in [0.05, 0.1) is 25.6 Å². The number of fused-ring (bicyclic) bond motifs is 1. The number of halogens is 1. The van der Waals surface area contributed by atoms with Crippen LogP contribution < -0.4 is 10.1 Å². The van der Waals surface area contributed by atoms with Crippen molar-refractivity contribution in [3.63, 3.8) is 0 Å². The molecule has 2 aromatic heterocycles. The van der Waals surface area contributed by atoms with Crippen molar-refractivity contribution in [1.82, 2.24) is 19.9 Å².